The van der Waals surface area contributed by atoms with Crippen LogP contribution in [0.1, 0.15) is 28.6 Å². The molecule has 24 heavy (non-hydrogen) atoms. The van der Waals surface area contributed by atoms with Crippen molar-refractivity contribution in [3.63, 3.8) is 0 Å². The molecule has 0 fully saturated rings. The van der Waals surface area contributed by atoms with Crippen molar-refractivity contribution in [2.75, 3.05) is 11.6 Å². The molecule has 126 valence electrons. The van der Waals surface area contributed by atoms with Gasteiger partial charge in [0.05, 0.1) is 18.2 Å². The molecule has 0 bridgehead atoms. The summed E-state index contributed by atoms with van der Waals surface area (Å²) in [6.45, 7) is 0.318. The molecule has 0 saturated heterocycles. The molecule has 1 aromatic heterocycles. The summed E-state index contributed by atoms with van der Waals surface area (Å²) >= 11 is 3.26. The number of hydrogen-bond acceptors (Lipinski definition) is 5. The summed E-state index contributed by atoms with van der Waals surface area (Å²) in [6.07, 6.45) is 2.07. The number of halogens is 1. The lowest BCUT2D eigenvalue weighted by Gasteiger charge is -2.24. The Balaban J connectivity index is 1.69. The number of benzene rings is 1. The number of nitrogens with one attached hydrogen (secondary N) is 2. The van der Waals surface area contributed by atoms with Gasteiger partial charge in [-0.2, -0.15) is 11.8 Å². The molecule has 2 heterocycles. The summed E-state index contributed by atoms with van der Waals surface area (Å²) in [6, 6.07) is 4.08. The summed E-state index contributed by atoms with van der Waals surface area (Å²) in [7, 11) is 0. The van der Waals surface area contributed by atoms with Gasteiger partial charge in [-0.1, -0.05) is 6.07 Å². The van der Waals surface area contributed by atoms with Gasteiger partial charge in [-0.25, -0.2) is 9.37 Å². The van der Waals surface area contributed by atoms with Crippen LogP contribution in [0.25, 0.3) is 0 Å². The topological polar surface area (TPSA) is 71.1 Å². The SMILES string of the molecule is CSCc1nc(CNC(=O)[C@H]2CC(=O)Nc3cc(F)ccc32)cs1. The first-order valence-electron chi connectivity index (χ1n) is 7.36. The minimum absolute atomic E-state index is 0.0548. The summed E-state index contributed by atoms with van der Waals surface area (Å²) in [4.78, 5) is 28.7. The van der Waals surface area contributed by atoms with Crippen molar-refractivity contribution in [3.05, 3.63) is 45.7 Å². The number of nitrogens with zero attached hydrogens (tertiary/aromatic N) is 1. The summed E-state index contributed by atoms with van der Waals surface area (Å²) in [5.41, 5.74) is 1.80. The van der Waals surface area contributed by atoms with E-state index >= 15 is 0 Å². The van der Waals surface area contributed by atoms with E-state index in [1.165, 1.54) is 12.1 Å². The molecule has 0 radical (unpaired) electrons. The lowest BCUT2D eigenvalue weighted by Crippen LogP contribution is -2.34. The minimum Gasteiger partial charge on any atom is -0.350 e. The van der Waals surface area contributed by atoms with Crippen LogP contribution in [0.2, 0.25) is 0 Å². The van der Waals surface area contributed by atoms with Crippen LogP contribution in [0.5, 0.6) is 0 Å². The first-order chi connectivity index (χ1) is 11.6. The third-order valence-corrected chi connectivity index (χ3v) is 5.32. The molecule has 3 rings (SSSR count). The molecule has 2 amide bonds. The Hall–Kier alpha value is -1.93. The standard InChI is InChI=1S/C16H16FN3O2S2/c1-23-8-15-19-10(7-24-15)6-18-16(22)12-5-14(21)20-13-4-9(17)2-3-11(12)13/h2-4,7,12H,5-6,8H2,1H3,(H,18,22)(H,20,21)/t12-/m0/s1. The fourth-order valence-corrected chi connectivity index (χ4v) is 4.11. The van der Waals surface area contributed by atoms with Crippen LogP contribution in [0, 0.1) is 5.82 Å². The van der Waals surface area contributed by atoms with Crippen molar-refractivity contribution in [3.8, 4) is 0 Å². The third kappa shape index (κ3) is 3.76. The first kappa shape index (κ1) is 16.9. The molecule has 1 aromatic carbocycles. The molecule has 5 nitrogen and oxygen atoms in total. The van der Waals surface area contributed by atoms with Gasteiger partial charge in [-0.3, -0.25) is 9.59 Å². The number of carbonyl (C=O) groups excluding carboxylic acids is 2. The molecule has 1 atom stereocenters. The van der Waals surface area contributed by atoms with Crippen molar-refractivity contribution < 1.29 is 14.0 Å². The number of thiazole rings is 1. The molecule has 8 heteroatoms. The molecule has 1 aliphatic heterocycles. The van der Waals surface area contributed by atoms with E-state index in [2.05, 4.69) is 15.6 Å². The van der Waals surface area contributed by atoms with E-state index in [-0.39, 0.29) is 18.2 Å². The average molecular weight is 365 g/mol. The molecule has 0 spiro atoms. The van der Waals surface area contributed by atoms with Gasteiger partial charge < -0.3 is 10.6 Å². The van der Waals surface area contributed by atoms with Crippen LogP contribution >= 0.6 is 23.1 Å². The zero-order valence-electron chi connectivity index (χ0n) is 13.0. The fourth-order valence-electron chi connectivity index (χ4n) is 2.59. The Labute approximate surface area is 147 Å². The Morgan fingerprint density at radius 2 is 2.38 bits per heavy atom. The first-order valence-corrected chi connectivity index (χ1v) is 9.63. The number of anilines is 1. The molecule has 2 aromatic rings. The number of amides is 2. The van der Waals surface area contributed by atoms with Crippen molar-refractivity contribution >= 4 is 40.6 Å². The van der Waals surface area contributed by atoms with Crippen LogP contribution in [-0.2, 0) is 21.9 Å². The highest BCUT2D eigenvalue weighted by Crippen LogP contribution is 2.32. The van der Waals surface area contributed by atoms with Gasteiger partial charge in [0.2, 0.25) is 11.8 Å². The Kier molecular flexibility index (Phi) is 5.15. The van der Waals surface area contributed by atoms with Gasteiger partial charge >= 0.3 is 0 Å². The summed E-state index contributed by atoms with van der Waals surface area (Å²) < 4.78 is 13.3. The van der Waals surface area contributed by atoms with E-state index in [1.54, 1.807) is 29.2 Å². The highest BCUT2D eigenvalue weighted by molar-refractivity contribution is 7.97. The molecule has 1 aliphatic rings. The maximum atomic E-state index is 13.3. The van der Waals surface area contributed by atoms with Gasteiger partial charge in [0.1, 0.15) is 10.8 Å². The highest BCUT2D eigenvalue weighted by Gasteiger charge is 2.30. The summed E-state index contributed by atoms with van der Waals surface area (Å²) in [5, 5.41) is 8.37. The van der Waals surface area contributed by atoms with Gasteiger partial charge in [-0.05, 0) is 24.0 Å². The zero-order valence-corrected chi connectivity index (χ0v) is 14.6. The predicted octanol–water partition coefficient (Wildman–Crippen LogP) is 2.89. The number of rotatable bonds is 5. The smallest absolute Gasteiger partial charge is 0.228 e. The normalized spacial score (nSPS) is 16.4. The number of hydrogen-bond donors (Lipinski definition) is 2. The average Bonchev–Trinajstić information content (AvgIpc) is 2.99. The monoisotopic (exact) mass is 365 g/mol. The Morgan fingerprint density at radius 3 is 3.17 bits per heavy atom. The van der Waals surface area contributed by atoms with E-state index in [9.17, 15) is 14.0 Å². The van der Waals surface area contributed by atoms with Crippen LogP contribution in [0.3, 0.4) is 0 Å². The third-order valence-electron chi connectivity index (χ3n) is 3.68. The second-order valence-corrected chi connectivity index (χ2v) is 7.23. The predicted molar refractivity (Wildman–Crippen MR) is 93.6 cm³/mol. The number of fused-ring (bicyclic) bond motifs is 1. The van der Waals surface area contributed by atoms with Crippen molar-refractivity contribution in [1.29, 1.82) is 0 Å². The fraction of sp³-hybridized carbons (Fsp3) is 0.312. The largest absolute Gasteiger partial charge is 0.350 e. The number of aromatic nitrogens is 1. The highest BCUT2D eigenvalue weighted by atomic mass is 32.2. The maximum absolute atomic E-state index is 13.3. The van der Waals surface area contributed by atoms with E-state index in [0.717, 1.165) is 16.5 Å². The molecular formula is C16H16FN3O2S2. The van der Waals surface area contributed by atoms with E-state index in [1.807, 2.05) is 11.6 Å². The Morgan fingerprint density at radius 1 is 1.54 bits per heavy atom. The number of carbonyl (C=O) groups is 2. The zero-order chi connectivity index (χ0) is 17.1. The van der Waals surface area contributed by atoms with Crippen LogP contribution < -0.4 is 10.6 Å². The lowest BCUT2D eigenvalue weighted by atomic mass is 9.89. The lowest BCUT2D eigenvalue weighted by molar-refractivity contribution is -0.126. The van der Waals surface area contributed by atoms with E-state index < -0.39 is 11.7 Å². The van der Waals surface area contributed by atoms with Gasteiger partial charge in [0.25, 0.3) is 0 Å². The van der Waals surface area contributed by atoms with Crippen molar-refractivity contribution in [2.24, 2.45) is 0 Å². The summed E-state index contributed by atoms with van der Waals surface area (Å²) in [5.74, 6) is -0.751. The van der Waals surface area contributed by atoms with Crippen LogP contribution in [-0.4, -0.2) is 23.1 Å². The van der Waals surface area contributed by atoms with Crippen molar-refractivity contribution in [2.45, 2.75) is 24.6 Å². The molecule has 0 aliphatic carbocycles. The quantitative estimate of drug-likeness (QED) is 0.855. The van der Waals surface area contributed by atoms with Gasteiger partial charge in [0.15, 0.2) is 0 Å². The molecule has 0 saturated carbocycles. The van der Waals surface area contributed by atoms with Crippen molar-refractivity contribution in [1.82, 2.24) is 10.3 Å². The van der Waals surface area contributed by atoms with E-state index in [0.29, 0.717) is 17.8 Å². The van der Waals surface area contributed by atoms with E-state index in [4.69, 9.17) is 0 Å². The van der Waals surface area contributed by atoms with Gasteiger partial charge in [0, 0.05) is 23.2 Å². The second-order valence-electron chi connectivity index (χ2n) is 5.42. The Bertz CT molecular complexity index is 778. The van der Waals surface area contributed by atoms with Crippen LogP contribution in [0.15, 0.2) is 23.6 Å². The van der Waals surface area contributed by atoms with Crippen LogP contribution in [0.4, 0.5) is 10.1 Å². The number of thioether (sulfide) groups is 1. The molecule has 2 N–H and O–H groups in total. The van der Waals surface area contributed by atoms with Gasteiger partial charge in [-0.15, -0.1) is 11.3 Å². The minimum atomic E-state index is -0.612. The maximum Gasteiger partial charge on any atom is 0.228 e. The molecule has 0 unspecified atom stereocenters. The second kappa shape index (κ2) is 7.31. The molecular weight excluding hydrogens is 349 g/mol.